The fourth-order valence-corrected chi connectivity index (χ4v) is 4.22. The Morgan fingerprint density at radius 1 is 1.16 bits per heavy atom. The first-order valence-electron chi connectivity index (χ1n) is 8.04. The number of nitrogens with zero attached hydrogens (tertiary/aromatic N) is 1. The molecular formula is C17H28N2. The quantitative estimate of drug-likeness (QED) is 0.808. The van der Waals surface area contributed by atoms with Gasteiger partial charge in [-0.1, -0.05) is 13.8 Å². The van der Waals surface area contributed by atoms with Crippen LogP contribution in [0.5, 0.6) is 0 Å². The monoisotopic (exact) mass is 260 g/mol. The summed E-state index contributed by atoms with van der Waals surface area (Å²) in [4.78, 5) is 0. The van der Waals surface area contributed by atoms with Gasteiger partial charge in [-0.15, -0.1) is 0 Å². The van der Waals surface area contributed by atoms with Crippen LogP contribution in [0.4, 0.5) is 0 Å². The van der Waals surface area contributed by atoms with Crippen LogP contribution in [0.15, 0.2) is 6.07 Å². The third-order valence-electron chi connectivity index (χ3n) is 5.63. The Bertz CT molecular complexity index is 460. The summed E-state index contributed by atoms with van der Waals surface area (Å²) in [6.07, 6.45) is 7.73. The average molecular weight is 260 g/mol. The van der Waals surface area contributed by atoms with E-state index in [0.29, 0.717) is 0 Å². The van der Waals surface area contributed by atoms with Crippen LogP contribution in [0.2, 0.25) is 0 Å². The van der Waals surface area contributed by atoms with Gasteiger partial charge < -0.3 is 10.3 Å². The molecule has 0 aliphatic heterocycles. The van der Waals surface area contributed by atoms with Crippen molar-refractivity contribution in [3.63, 3.8) is 0 Å². The lowest BCUT2D eigenvalue weighted by Gasteiger charge is -2.35. The van der Waals surface area contributed by atoms with E-state index >= 15 is 0 Å². The molecule has 0 bridgehead atoms. The van der Waals surface area contributed by atoms with Crippen LogP contribution in [0.3, 0.4) is 0 Å². The maximum absolute atomic E-state index is 6.29. The van der Waals surface area contributed by atoms with E-state index in [4.69, 9.17) is 5.73 Å². The largest absolute Gasteiger partial charge is 0.346 e. The molecule has 3 rings (SSSR count). The minimum Gasteiger partial charge on any atom is -0.346 e. The van der Waals surface area contributed by atoms with Crippen molar-refractivity contribution in [3.05, 3.63) is 23.0 Å². The summed E-state index contributed by atoms with van der Waals surface area (Å²) in [5.74, 6) is 1.75. The lowest BCUT2D eigenvalue weighted by Crippen LogP contribution is -2.26. The Hall–Kier alpha value is -0.760. The smallest absolute Gasteiger partial charge is 0.0338 e. The lowest BCUT2D eigenvalue weighted by molar-refractivity contribution is 0.206. The first kappa shape index (κ1) is 13.2. The number of hydrogen-bond donors (Lipinski definition) is 1. The molecule has 4 unspecified atom stereocenters. The number of nitrogens with two attached hydrogens (primary N) is 1. The molecule has 4 atom stereocenters. The van der Waals surface area contributed by atoms with E-state index in [1.165, 1.54) is 43.4 Å². The molecule has 2 heteroatoms. The summed E-state index contributed by atoms with van der Waals surface area (Å²) in [7, 11) is 0. The Kier molecular flexibility index (Phi) is 3.46. The van der Waals surface area contributed by atoms with Crippen LogP contribution >= 0.6 is 0 Å². The molecule has 1 aromatic heterocycles. The Morgan fingerprint density at radius 2 is 1.95 bits per heavy atom. The highest BCUT2D eigenvalue weighted by atomic mass is 15.0. The number of aromatic nitrogens is 1. The van der Waals surface area contributed by atoms with Crippen molar-refractivity contribution in [3.8, 4) is 0 Å². The van der Waals surface area contributed by atoms with Crippen LogP contribution in [0, 0.1) is 18.8 Å². The lowest BCUT2D eigenvalue weighted by atomic mass is 9.79. The van der Waals surface area contributed by atoms with Crippen molar-refractivity contribution in [1.82, 2.24) is 4.57 Å². The van der Waals surface area contributed by atoms with Gasteiger partial charge in [0.25, 0.3) is 0 Å². The first-order valence-corrected chi connectivity index (χ1v) is 8.04. The van der Waals surface area contributed by atoms with E-state index in [1.807, 2.05) is 0 Å². The third-order valence-corrected chi connectivity index (χ3v) is 5.63. The Balaban J connectivity index is 1.93. The molecule has 1 heterocycles. The van der Waals surface area contributed by atoms with Crippen molar-refractivity contribution in [1.29, 1.82) is 0 Å². The molecule has 1 saturated carbocycles. The van der Waals surface area contributed by atoms with E-state index in [-0.39, 0.29) is 6.04 Å². The van der Waals surface area contributed by atoms with Crippen LogP contribution in [-0.2, 0) is 6.42 Å². The summed E-state index contributed by atoms with van der Waals surface area (Å²) in [6, 6.07) is 3.37. The molecule has 0 aromatic carbocycles. The highest BCUT2D eigenvalue weighted by Gasteiger charge is 2.30. The van der Waals surface area contributed by atoms with Crippen LogP contribution in [0.25, 0.3) is 0 Å². The van der Waals surface area contributed by atoms with Gasteiger partial charge >= 0.3 is 0 Å². The topological polar surface area (TPSA) is 30.9 Å². The predicted molar refractivity (Wildman–Crippen MR) is 80.3 cm³/mol. The SMILES string of the molecule is Cc1cc2c(n1C1CCC(C)C(C)C1)CCCC2N. The summed E-state index contributed by atoms with van der Waals surface area (Å²) in [5.41, 5.74) is 10.7. The van der Waals surface area contributed by atoms with Crippen LogP contribution in [-0.4, -0.2) is 4.57 Å². The first-order chi connectivity index (χ1) is 9.08. The molecule has 0 spiro atoms. The van der Waals surface area contributed by atoms with Crippen molar-refractivity contribution >= 4 is 0 Å². The van der Waals surface area contributed by atoms with Crippen molar-refractivity contribution in [2.45, 2.75) is 71.4 Å². The normalized spacial score (nSPS) is 35.2. The van der Waals surface area contributed by atoms with E-state index in [0.717, 1.165) is 24.3 Å². The molecule has 2 nitrogen and oxygen atoms in total. The minimum atomic E-state index is 0.281. The summed E-state index contributed by atoms with van der Waals surface area (Å²) in [5, 5.41) is 0. The molecule has 1 aromatic rings. The second kappa shape index (κ2) is 4.97. The second-order valence-electron chi connectivity index (χ2n) is 6.98. The molecule has 0 radical (unpaired) electrons. The third kappa shape index (κ3) is 2.24. The van der Waals surface area contributed by atoms with Gasteiger partial charge in [0.2, 0.25) is 0 Å². The molecular weight excluding hydrogens is 232 g/mol. The van der Waals surface area contributed by atoms with Gasteiger partial charge in [-0.05, 0) is 68.9 Å². The Morgan fingerprint density at radius 3 is 2.68 bits per heavy atom. The zero-order chi connectivity index (χ0) is 13.6. The van der Waals surface area contributed by atoms with Gasteiger partial charge in [0.15, 0.2) is 0 Å². The van der Waals surface area contributed by atoms with E-state index in [2.05, 4.69) is 31.4 Å². The molecule has 2 aliphatic rings. The van der Waals surface area contributed by atoms with Crippen LogP contribution < -0.4 is 5.73 Å². The standard InChI is InChI=1S/C17H28N2/c1-11-7-8-14(9-12(11)2)19-13(3)10-15-16(18)5-4-6-17(15)19/h10-12,14,16H,4-9,18H2,1-3H3. The zero-order valence-corrected chi connectivity index (χ0v) is 12.7. The van der Waals surface area contributed by atoms with Crippen molar-refractivity contribution < 1.29 is 0 Å². The minimum absolute atomic E-state index is 0.281. The van der Waals surface area contributed by atoms with Crippen molar-refractivity contribution in [2.75, 3.05) is 0 Å². The maximum atomic E-state index is 6.29. The number of aryl methyl sites for hydroxylation is 1. The molecule has 0 amide bonds. The van der Waals surface area contributed by atoms with E-state index in [9.17, 15) is 0 Å². The Labute approximate surface area is 117 Å². The van der Waals surface area contributed by atoms with Crippen molar-refractivity contribution in [2.24, 2.45) is 17.6 Å². The van der Waals surface area contributed by atoms with E-state index in [1.54, 1.807) is 5.69 Å². The van der Waals surface area contributed by atoms with Gasteiger partial charge in [-0.3, -0.25) is 0 Å². The molecule has 0 saturated heterocycles. The average Bonchev–Trinajstić information content (AvgIpc) is 2.71. The number of hydrogen-bond acceptors (Lipinski definition) is 1. The molecule has 19 heavy (non-hydrogen) atoms. The van der Waals surface area contributed by atoms with Gasteiger partial charge in [-0.2, -0.15) is 0 Å². The highest BCUT2D eigenvalue weighted by molar-refractivity contribution is 5.33. The molecule has 2 aliphatic carbocycles. The molecule has 1 fully saturated rings. The predicted octanol–water partition coefficient (Wildman–Crippen LogP) is 4.13. The molecule has 106 valence electrons. The summed E-state index contributed by atoms with van der Waals surface area (Å²) < 4.78 is 2.65. The summed E-state index contributed by atoms with van der Waals surface area (Å²) in [6.45, 7) is 7.11. The fourth-order valence-electron chi connectivity index (χ4n) is 4.22. The van der Waals surface area contributed by atoms with Gasteiger partial charge in [0.1, 0.15) is 0 Å². The molecule has 2 N–H and O–H groups in total. The fraction of sp³-hybridized carbons (Fsp3) is 0.765. The second-order valence-corrected chi connectivity index (χ2v) is 6.98. The number of rotatable bonds is 1. The van der Waals surface area contributed by atoms with Gasteiger partial charge in [0.05, 0.1) is 0 Å². The van der Waals surface area contributed by atoms with Crippen LogP contribution in [0.1, 0.15) is 75.0 Å². The van der Waals surface area contributed by atoms with E-state index < -0.39 is 0 Å². The van der Waals surface area contributed by atoms with Gasteiger partial charge in [-0.25, -0.2) is 0 Å². The number of fused-ring (bicyclic) bond motifs is 1. The maximum Gasteiger partial charge on any atom is 0.0338 e. The highest BCUT2D eigenvalue weighted by Crippen LogP contribution is 2.40. The zero-order valence-electron chi connectivity index (χ0n) is 12.7. The summed E-state index contributed by atoms with van der Waals surface area (Å²) >= 11 is 0. The van der Waals surface area contributed by atoms with Gasteiger partial charge in [0, 0.05) is 23.5 Å².